The van der Waals surface area contributed by atoms with Crippen LogP contribution in [0.15, 0.2) is 30.3 Å². The van der Waals surface area contributed by atoms with Crippen molar-refractivity contribution in [2.75, 3.05) is 18.5 Å². The van der Waals surface area contributed by atoms with E-state index in [1.165, 1.54) is 0 Å². The molecule has 0 saturated carbocycles. The molecule has 10 atom stereocenters. The second-order valence-corrected chi connectivity index (χ2v) is 7.07. The smallest absolute Gasteiger partial charge is 0.187 e. The Kier molecular flexibility index (Phi) is 7.40. The van der Waals surface area contributed by atoms with Crippen LogP contribution in [0.3, 0.4) is 0 Å². The molecule has 0 radical (unpaired) electrons. The number of aliphatic hydroxyl groups is 7. The van der Waals surface area contributed by atoms with Gasteiger partial charge in [-0.25, -0.2) is 0 Å². The van der Waals surface area contributed by atoms with E-state index in [9.17, 15) is 35.7 Å². The molecule has 0 aliphatic carbocycles. The first-order valence-corrected chi connectivity index (χ1v) is 9.27. The van der Waals surface area contributed by atoms with E-state index in [0.717, 1.165) is 0 Å². The molecule has 164 valence electrons. The minimum atomic E-state index is -1.70. The number of anilines is 1. The molecule has 0 amide bonds. The zero-order chi connectivity index (χ0) is 21.1. The minimum Gasteiger partial charge on any atom is -0.394 e. The molecule has 2 aliphatic rings. The van der Waals surface area contributed by atoms with Crippen molar-refractivity contribution in [3.63, 3.8) is 0 Å². The third-order valence-corrected chi connectivity index (χ3v) is 5.09. The van der Waals surface area contributed by atoms with Crippen molar-refractivity contribution < 1.29 is 50.0 Å². The Morgan fingerprint density at radius 2 is 1.41 bits per heavy atom. The number of nitrogens with one attached hydrogen (secondary N) is 1. The predicted molar refractivity (Wildman–Crippen MR) is 96.5 cm³/mol. The van der Waals surface area contributed by atoms with Crippen LogP contribution in [0, 0.1) is 0 Å². The van der Waals surface area contributed by atoms with Crippen LogP contribution in [0.5, 0.6) is 0 Å². The van der Waals surface area contributed by atoms with E-state index < -0.39 is 74.6 Å². The van der Waals surface area contributed by atoms with Crippen LogP contribution in [0.25, 0.3) is 0 Å². The molecule has 29 heavy (non-hydrogen) atoms. The van der Waals surface area contributed by atoms with Crippen molar-refractivity contribution >= 4 is 5.69 Å². The van der Waals surface area contributed by atoms with Crippen LogP contribution >= 0.6 is 0 Å². The maximum atomic E-state index is 10.5. The van der Waals surface area contributed by atoms with Crippen LogP contribution in [0.2, 0.25) is 0 Å². The second kappa shape index (κ2) is 9.62. The molecule has 11 nitrogen and oxygen atoms in total. The van der Waals surface area contributed by atoms with Gasteiger partial charge >= 0.3 is 0 Å². The molecule has 11 heteroatoms. The van der Waals surface area contributed by atoms with Crippen LogP contribution < -0.4 is 5.32 Å². The van der Waals surface area contributed by atoms with Gasteiger partial charge in [0.2, 0.25) is 0 Å². The topological polar surface area (TPSA) is 181 Å². The zero-order valence-corrected chi connectivity index (χ0v) is 15.4. The van der Waals surface area contributed by atoms with Gasteiger partial charge in [-0.15, -0.1) is 0 Å². The van der Waals surface area contributed by atoms with E-state index in [2.05, 4.69) is 5.32 Å². The average molecular weight is 417 g/mol. The highest BCUT2D eigenvalue weighted by atomic mass is 16.7. The van der Waals surface area contributed by atoms with E-state index in [1.807, 2.05) is 0 Å². The molecule has 2 aliphatic heterocycles. The summed E-state index contributed by atoms with van der Waals surface area (Å²) in [6.45, 7) is -1.23. The van der Waals surface area contributed by atoms with Gasteiger partial charge in [-0.05, 0) is 12.1 Å². The Hall–Kier alpha value is -1.38. The summed E-state index contributed by atoms with van der Waals surface area (Å²) in [5.41, 5.74) is 0.619. The molecule has 0 aromatic heterocycles. The highest BCUT2D eigenvalue weighted by molar-refractivity contribution is 5.43. The molecule has 2 heterocycles. The quantitative estimate of drug-likeness (QED) is 0.232. The first kappa shape index (κ1) is 22.3. The van der Waals surface area contributed by atoms with Crippen molar-refractivity contribution in [3.8, 4) is 0 Å². The fraction of sp³-hybridized carbons (Fsp3) is 0.667. The Labute approximate surface area is 166 Å². The van der Waals surface area contributed by atoms with Gasteiger partial charge in [-0.3, -0.25) is 0 Å². The third kappa shape index (κ3) is 4.70. The molecular weight excluding hydrogens is 390 g/mol. The Morgan fingerprint density at radius 1 is 0.759 bits per heavy atom. The van der Waals surface area contributed by atoms with E-state index in [0.29, 0.717) is 5.69 Å². The molecule has 1 aromatic rings. The van der Waals surface area contributed by atoms with Crippen molar-refractivity contribution in [2.24, 2.45) is 0 Å². The summed E-state index contributed by atoms with van der Waals surface area (Å²) in [6, 6.07) is 8.80. The minimum absolute atomic E-state index is 0.584. The van der Waals surface area contributed by atoms with Crippen LogP contribution in [-0.2, 0) is 14.2 Å². The molecule has 0 bridgehead atoms. The van der Waals surface area contributed by atoms with Gasteiger partial charge in [0.05, 0.1) is 13.2 Å². The molecule has 8 N–H and O–H groups in total. The summed E-state index contributed by atoms with van der Waals surface area (Å²) < 4.78 is 16.4. The molecule has 1 aromatic carbocycles. The van der Waals surface area contributed by atoms with Crippen LogP contribution in [-0.4, -0.2) is 110 Å². The van der Waals surface area contributed by atoms with Crippen molar-refractivity contribution in [3.05, 3.63) is 30.3 Å². The number of hydrogen-bond donors (Lipinski definition) is 8. The summed E-state index contributed by atoms with van der Waals surface area (Å²) in [7, 11) is 0. The number of hydrogen-bond acceptors (Lipinski definition) is 11. The van der Waals surface area contributed by atoms with Crippen LogP contribution in [0.1, 0.15) is 0 Å². The molecular formula is C18H27NO10. The molecule has 3 rings (SSSR count). The molecule has 2 saturated heterocycles. The number of aliphatic hydroxyl groups excluding tert-OH is 7. The summed E-state index contributed by atoms with van der Waals surface area (Å²) in [4.78, 5) is 0. The van der Waals surface area contributed by atoms with Crippen LogP contribution in [0.4, 0.5) is 5.69 Å². The lowest BCUT2D eigenvalue weighted by atomic mass is 9.96. The third-order valence-electron chi connectivity index (χ3n) is 5.09. The van der Waals surface area contributed by atoms with Gasteiger partial charge in [0.15, 0.2) is 12.5 Å². The number of rotatable bonds is 6. The summed E-state index contributed by atoms with van der Waals surface area (Å²) in [6.07, 6.45) is -14.2. The maximum Gasteiger partial charge on any atom is 0.187 e. The predicted octanol–water partition coefficient (Wildman–Crippen LogP) is -3.28. The van der Waals surface area contributed by atoms with E-state index in [1.54, 1.807) is 30.3 Å². The Balaban J connectivity index is 1.71. The normalized spacial score (nSPS) is 43.1. The first-order valence-electron chi connectivity index (χ1n) is 9.27. The van der Waals surface area contributed by atoms with Gasteiger partial charge in [0.1, 0.15) is 48.8 Å². The molecule has 0 unspecified atom stereocenters. The highest BCUT2D eigenvalue weighted by Gasteiger charge is 2.50. The summed E-state index contributed by atoms with van der Waals surface area (Å²) in [5, 5.41) is 72.6. The summed E-state index contributed by atoms with van der Waals surface area (Å²) in [5.74, 6) is 0. The summed E-state index contributed by atoms with van der Waals surface area (Å²) >= 11 is 0. The molecule has 2 fully saturated rings. The largest absolute Gasteiger partial charge is 0.394 e. The SMILES string of the molecule is OC[C@H]1O[C@@H](O[C@H]2[C@H](O)[C@@H](O)[C@@H](Nc3ccccc3)O[C@@H]2CO)[C@H](O)[C@@H](O)[C@H]1O. The van der Waals surface area contributed by atoms with Crippen molar-refractivity contribution in [1.82, 2.24) is 0 Å². The van der Waals surface area contributed by atoms with Crippen molar-refractivity contribution in [2.45, 2.75) is 61.3 Å². The van der Waals surface area contributed by atoms with E-state index in [4.69, 9.17) is 14.2 Å². The fourth-order valence-corrected chi connectivity index (χ4v) is 3.41. The second-order valence-electron chi connectivity index (χ2n) is 7.07. The lowest BCUT2D eigenvalue weighted by Gasteiger charge is -2.46. The van der Waals surface area contributed by atoms with Crippen molar-refractivity contribution in [1.29, 1.82) is 0 Å². The Morgan fingerprint density at radius 3 is 2.03 bits per heavy atom. The molecule has 0 spiro atoms. The van der Waals surface area contributed by atoms with Gasteiger partial charge < -0.3 is 55.3 Å². The zero-order valence-electron chi connectivity index (χ0n) is 15.4. The lowest BCUT2D eigenvalue weighted by molar-refractivity contribution is -0.340. The monoisotopic (exact) mass is 417 g/mol. The fourth-order valence-electron chi connectivity index (χ4n) is 3.41. The van der Waals surface area contributed by atoms with E-state index in [-0.39, 0.29) is 0 Å². The number of para-hydroxylation sites is 1. The number of benzene rings is 1. The van der Waals surface area contributed by atoms with Gasteiger partial charge in [0, 0.05) is 5.69 Å². The van der Waals surface area contributed by atoms with E-state index >= 15 is 0 Å². The van der Waals surface area contributed by atoms with Gasteiger partial charge in [-0.2, -0.15) is 0 Å². The lowest BCUT2D eigenvalue weighted by Crippen LogP contribution is -2.65. The maximum absolute atomic E-state index is 10.5. The van der Waals surface area contributed by atoms with Gasteiger partial charge in [0.25, 0.3) is 0 Å². The van der Waals surface area contributed by atoms with Gasteiger partial charge in [-0.1, -0.05) is 18.2 Å². The highest BCUT2D eigenvalue weighted by Crippen LogP contribution is 2.29. The first-order chi connectivity index (χ1) is 13.9. The average Bonchev–Trinajstić information content (AvgIpc) is 2.74. The number of ether oxygens (including phenoxy) is 3. The standard InChI is InChI=1S/C18H27NO10/c20-6-9-11(22)12(23)15(26)18(28-9)29-16-10(7-21)27-17(14(25)13(16)24)19-8-4-2-1-3-5-8/h1-5,9-26H,6-7H2/t9-,10-,11+,12+,13-,14-,15-,16-,17+,18+/m1/s1. The Bertz CT molecular complexity index is 632.